The number of amides is 1. The Bertz CT molecular complexity index is 430. The summed E-state index contributed by atoms with van der Waals surface area (Å²) >= 11 is 0. The Morgan fingerprint density at radius 3 is 2.65 bits per heavy atom. The Morgan fingerprint density at radius 1 is 1.35 bits per heavy atom. The molecular formula is C17H26N2O. The van der Waals surface area contributed by atoms with Crippen molar-refractivity contribution in [3.05, 3.63) is 35.9 Å². The molecule has 0 bridgehead atoms. The van der Waals surface area contributed by atoms with Crippen LogP contribution in [0.3, 0.4) is 0 Å². The lowest BCUT2D eigenvalue weighted by Gasteiger charge is -2.35. The Hall–Kier alpha value is -1.35. The summed E-state index contributed by atoms with van der Waals surface area (Å²) in [7, 11) is 0. The largest absolute Gasteiger partial charge is 0.340 e. The summed E-state index contributed by atoms with van der Waals surface area (Å²) in [6.45, 7) is 9.01. The van der Waals surface area contributed by atoms with Gasteiger partial charge in [0.1, 0.15) is 0 Å². The van der Waals surface area contributed by atoms with Crippen LogP contribution in [0.15, 0.2) is 30.3 Å². The van der Waals surface area contributed by atoms with Gasteiger partial charge in [-0.2, -0.15) is 0 Å². The van der Waals surface area contributed by atoms with E-state index in [4.69, 9.17) is 0 Å². The van der Waals surface area contributed by atoms with E-state index in [-0.39, 0.29) is 5.92 Å². The highest BCUT2D eigenvalue weighted by atomic mass is 16.2. The van der Waals surface area contributed by atoms with E-state index in [0.717, 1.165) is 26.1 Å². The van der Waals surface area contributed by atoms with Crippen molar-refractivity contribution >= 4 is 5.91 Å². The lowest BCUT2D eigenvalue weighted by molar-refractivity contribution is -0.138. The fourth-order valence-electron chi connectivity index (χ4n) is 2.84. The minimum atomic E-state index is 0.0858. The normalized spacial score (nSPS) is 21.0. The monoisotopic (exact) mass is 274 g/mol. The molecule has 1 N–H and O–H groups in total. The highest BCUT2D eigenvalue weighted by Crippen LogP contribution is 2.20. The second-order valence-corrected chi connectivity index (χ2v) is 6.18. The van der Waals surface area contributed by atoms with E-state index in [9.17, 15) is 4.79 Å². The third-order valence-corrected chi connectivity index (χ3v) is 4.10. The first-order chi connectivity index (χ1) is 9.58. The predicted octanol–water partition coefficient (Wildman–Crippen LogP) is 2.32. The average molecular weight is 274 g/mol. The Labute approximate surface area is 122 Å². The molecule has 20 heavy (non-hydrogen) atoms. The summed E-state index contributed by atoms with van der Waals surface area (Å²) in [6, 6.07) is 10.7. The molecule has 1 fully saturated rings. The molecule has 1 aliphatic rings. The van der Waals surface area contributed by atoms with Crippen LogP contribution in [-0.4, -0.2) is 36.5 Å². The van der Waals surface area contributed by atoms with E-state index in [0.29, 0.717) is 17.9 Å². The molecule has 0 radical (unpaired) electrons. The van der Waals surface area contributed by atoms with E-state index >= 15 is 0 Å². The maximum Gasteiger partial charge on any atom is 0.226 e. The molecule has 0 aromatic heterocycles. The van der Waals surface area contributed by atoms with Crippen molar-refractivity contribution in [3.8, 4) is 0 Å². The van der Waals surface area contributed by atoms with Crippen LogP contribution in [0.2, 0.25) is 0 Å². The topological polar surface area (TPSA) is 32.3 Å². The van der Waals surface area contributed by atoms with Crippen LogP contribution in [-0.2, 0) is 11.2 Å². The van der Waals surface area contributed by atoms with Crippen molar-refractivity contribution in [2.45, 2.75) is 33.2 Å². The van der Waals surface area contributed by atoms with Crippen molar-refractivity contribution in [1.82, 2.24) is 10.2 Å². The molecular weight excluding hydrogens is 248 g/mol. The van der Waals surface area contributed by atoms with Gasteiger partial charge in [0.15, 0.2) is 0 Å². The first kappa shape index (κ1) is 15.0. The van der Waals surface area contributed by atoms with Gasteiger partial charge < -0.3 is 10.2 Å². The molecule has 0 spiro atoms. The molecule has 0 saturated carbocycles. The van der Waals surface area contributed by atoms with Crippen LogP contribution in [0.5, 0.6) is 0 Å². The number of hydrogen-bond donors (Lipinski definition) is 1. The van der Waals surface area contributed by atoms with Crippen molar-refractivity contribution in [1.29, 1.82) is 0 Å². The van der Waals surface area contributed by atoms with Crippen LogP contribution in [0, 0.1) is 11.8 Å². The molecule has 2 atom stereocenters. The molecule has 0 aliphatic carbocycles. The van der Waals surface area contributed by atoms with Crippen LogP contribution >= 0.6 is 0 Å². The number of nitrogens with zero attached hydrogens (tertiary/aromatic N) is 1. The minimum absolute atomic E-state index is 0.0858. The number of nitrogens with one attached hydrogen (secondary N) is 1. The predicted molar refractivity (Wildman–Crippen MR) is 82.5 cm³/mol. The zero-order valence-electron chi connectivity index (χ0n) is 12.8. The van der Waals surface area contributed by atoms with Crippen molar-refractivity contribution in [3.63, 3.8) is 0 Å². The number of carbonyl (C=O) groups excluding carboxylic acids is 1. The van der Waals surface area contributed by atoms with Gasteiger partial charge in [0.05, 0.1) is 0 Å². The highest BCUT2D eigenvalue weighted by Gasteiger charge is 2.29. The zero-order valence-corrected chi connectivity index (χ0v) is 12.8. The summed E-state index contributed by atoms with van der Waals surface area (Å²) in [6.07, 6.45) is 0.843. The van der Waals surface area contributed by atoms with E-state index in [1.54, 1.807) is 0 Å². The SMILES string of the molecule is CC1CN(C(=O)C(Cc2ccccc2)C(C)C)CCN1. The lowest BCUT2D eigenvalue weighted by atomic mass is 9.87. The number of piperazine rings is 1. The molecule has 1 aromatic rings. The fourth-order valence-corrected chi connectivity index (χ4v) is 2.84. The molecule has 3 nitrogen and oxygen atoms in total. The average Bonchev–Trinajstić information content (AvgIpc) is 2.45. The lowest BCUT2D eigenvalue weighted by Crippen LogP contribution is -2.53. The minimum Gasteiger partial charge on any atom is -0.340 e. The van der Waals surface area contributed by atoms with Crippen LogP contribution in [0.1, 0.15) is 26.3 Å². The summed E-state index contributed by atoms with van der Waals surface area (Å²) in [5, 5.41) is 3.39. The van der Waals surface area contributed by atoms with E-state index in [1.807, 2.05) is 23.1 Å². The first-order valence-electron chi connectivity index (χ1n) is 7.64. The second-order valence-electron chi connectivity index (χ2n) is 6.18. The van der Waals surface area contributed by atoms with Crippen LogP contribution in [0.4, 0.5) is 0 Å². The van der Waals surface area contributed by atoms with E-state index < -0.39 is 0 Å². The van der Waals surface area contributed by atoms with Crippen LogP contribution in [0.25, 0.3) is 0 Å². The molecule has 1 amide bonds. The quantitative estimate of drug-likeness (QED) is 0.914. The third kappa shape index (κ3) is 3.83. The first-order valence-corrected chi connectivity index (χ1v) is 7.64. The van der Waals surface area contributed by atoms with Crippen LogP contribution < -0.4 is 5.32 Å². The standard InChI is InChI=1S/C17H26N2O/c1-13(2)16(11-15-7-5-4-6-8-15)17(20)19-10-9-18-14(3)12-19/h4-8,13-14,16,18H,9-12H2,1-3H3. The van der Waals surface area contributed by atoms with Gasteiger partial charge in [-0.25, -0.2) is 0 Å². The smallest absolute Gasteiger partial charge is 0.226 e. The van der Waals surface area contributed by atoms with Crippen molar-refractivity contribution in [2.24, 2.45) is 11.8 Å². The molecule has 1 heterocycles. The third-order valence-electron chi connectivity index (χ3n) is 4.10. The second kappa shape index (κ2) is 6.89. The molecule has 110 valence electrons. The Kier molecular flexibility index (Phi) is 5.18. The van der Waals surface area contributed by atoms with E-state index in [1.165, 1.54) is 5.56 Å². The molecule has 1 aliphatic heterocycles. The fraction of sp³-hybridized carbons (Fsp3) is 0.588. The maximum atomic E-state index is 12.8. The summed E-state index contributed by atoms with van der Waals surface area (Å²) in [5.74, 6) is 0.771. The Balaban J connectivity index is 2.06. The molecule has 2 rings (SSSR count). The van der Waals surface area contributed by atoms with Gasteiger partial charge in [-0.1, -0.05) is 44.2 Å². The van der Waals surface area contributed by atoms with E-state index in [2.05, 4.69) is 38.2 Å². The van der Waals surface area contributed by atoms with Gasteiger partial charge in [-0.3, -0.25) is 4.79 Å². The van der Waals surface area contributed by atoms with Gasteiger partial charge in [0, 0.05) is 31.6 Å². The summed E-state index contributed by atoms with van der Waals surface area (Å²) < 4.78 is 0. The van der Waals surface area contributed by atoms with Crippen molar-refractivity contribution < 1.29 is 4.79 Å². The number of carbonyl (C=O) groups is 1. The summed E-state index contributed by atoms with van der Waals surface area (Å²) in [5.41, 5.74) is 1.25. The summed E-state index contributed by atoms with van der Waals surface area (Å²) in [4.78, 5) is 14.8. The number of rotatable bonds is 4. The molecule has 2 unspecified atom stereocenters. The van der Waals surface area contributed by atoms with Gasteiger partial charge in [-0.15, -0.1) is 0 Å². The molecule has 1 saturated heterocycles. The van der Waals surface area contributed by atoms with Gasteiger partial charge in [0.25, 0.3) is 0 Å². The van der Waals surface area contributed by atoms with Gasteiger partial charge in [-0.05, 0) is 24.8 Å². The molecule has 1 aromatic carbocycles. The number of benzene rings is 1. The van der Waals surface area contributed by atoms with Gasteiger partial charge >= 0.3 is 0 Å². The zero-order chi connectivity index (χ0) is 14.5. The number of hydrogen-bond acceptors (Lipinski definition) is 2. The van der Waals surface area contributed by atoms with Crippen molar-refractivity contribution in [2.75, 3.05) is 19.6 Å². The Morgan fingerprint density at radius 2 is 2.05 bits per heavy atom. The highest BCUT2D eigenvalue weighted by molar-refractivity contribution is 5.79. The maximum absolute atomic E-state index is 12.8. The van der Waals surface area contributed by atoms with Gasteiger partial charge in [0.2, 0.25) is 5.91 Å². The molecule has 3 heteroatoms.